The topological polar surface area (TPSA) is 109 Å². The van der Waals surface area contributed by atoms with Gasteiger partial charge in [-0.15, -0.1) is 0 Å². The van der Waals surface area contributed by atoms with Crippen molar-refractivity contribution in [3.63, 3.8) is 0 Å². The molecular formula is C21H20F2N4O5S2. The van der Waals surface area contributed by atoms with Crippen molar-refractivity contribution in [2.24, 2.45) is 0 Å². The number of halogens is 2. The molecule has 34 heavy (non-hydrogen) atoms. The second kappa shape index (κ2) is 9.60. The van der Waals surface area contributed by atoms with Gasteiger partial charge < -0.3 is 9.64 Å². The minimum atomic E-state index is -3.82. The maximum atomic E-state index is 13.8. The number of hydrogen-bond donors (Lipinski definition) is 1. The highest BCUT2D eigenvalue weighted by atomic mass is 32.2. The first-order valence-corrected chi connectivity index (χ1v) is 12.5. The fourth-order valence-electron chi connectivity index (χ4n) is 3.43. The molecule has 9 nitrogen and oxygen atoms in total. The summed E-state index contributed by atoms with van der Waals surface area (Å²) in [5, 5.41) is 2.60. The zero-order valence-corrected chi connectivity index (χ0v) is 19.6. The molecule has 0 spiro atoms. The van der Waals surface area contributed by atoms with Crippen LogP contribution in [0.15, 0.2) is 41.3 Å². The average Bonchev–Trinajstić information content (AvgIpc) is 3.22. The number of benzene rings is 2. The lowest BCUT2D eigenvalue weighted by molar-refractivity contribution is 0.0933. The van der Waals surface area contributed by atoms with E-state index in [9.17, 15) is 26.8 Å². The van der Waals surface area contributed by atoms with Crippen molar-refractivity contribution in [3.8, 4) is 0 Å². The van der Waals surface area contributed by atoms with Crippen molar-refractivity contribution in [3.05, 3.63) is 53.6 Å². The summed E-state index contributed by atoms with van der Waals surface area (Å²) in [5.74, 6) is -2.15. The molecule has 1 N–H and O–H groups in total. The first-order chi connectivity index (χ1) is 16.2. The Labute approximate surface area is 198 Å². The van der Waals surface area contributed by atoms with Gasteiger partial charge in [0.05, 0.1) is 16.2 Å². The van der Waals surface area contributed by atoms with Crippen molar-refractivity contribution in [1.29, 1.82) is 0 Å². The molecule has 2 aromatic carbocycles. The number of thiazole rings is 1. The number of piperazine rings is 1. The molecule has 0 unspecified atom stereocenters. The summed E-state index contributed by atoms with van der Waals surface area (Å²) in [6.45, 7) is 2.61. The Morgan fingerprint density at radius 2 is 1.79 bits per heavy atom. The van der Waals surface area contributed by atoms with Gasteiger partial charge >= 0.3 is 6.09 Å². The monoisotopic (exact) mass is 510 g/mol. The fourth-order valence-corrected chi connectivity index (χ4v) is 5.76. The molecule has 180 valence electrons. The van der Waals surface area contributed by atoms with E-state index in [0.29, 0.717) is 6.07 Å². The Morgan fingerprint density at radius 3 is 2.44 bits per heavy atom. The molecule has 0 saturated carbocycles. The van der Waals surface area contributed by atoms with E-state index in [1.165, 1.54) is 33.5 Å². The second-order valence-corrected chi connectivity index (χ2v) is 10.3. The van der Waals surface area contributed by atoms with Crippen LogP contribution >= 0.6 is 11.3 Å². The molecule has 0 radical (unpaired) electrons. The number of carbonyl (C=O) groups is 2. The average molecular weight is 511 g/mol. The van der Waals surface area contributed by atoms with Crippen molar-refractivity contribution in [2.75, 3.05) is 38.1 Å². The van der Waals surface area contributed by atoms with Crippen LogP contribution in [0.25, 0.3) is 10.2 Å². The summed E-state index contributed by atoms with van der Waals surface area (Å²) in [6.07, 6.45) is -0.476. The number of amides is 2. The van der Waals surface area contributed by atoms with Crippen molar-refractivity contribution in [2.45, 2.75) is 11.8 Å². The highest BCUT2D eigenvalue weighted by Gasteiger charge is 2.30. The van der Waals surface area contributed by atoms with E-state index in [2.05, 4.69) is 10.3 Å². The summed E-state index contributed by atoms with van der Waals surface area (Å²) < 4.78 is 59.5. The van der Waals surface area contributed by atoms with Crippen molar-refractivity contribution < 1.29 is 31.5 Å². The van der Waals surface area contributed by atoms with Gasteiger partial charge in [-0.05, 0) is 37.3 Å². The Morgan fingerprint density at radius 1 is 1.12 bits per heavy atom. The molecule has 0 aliphatic carbocycles. The van der Waals surface area contributed by atoms with E-state index in [-0.39, 0.29) is 58.6 Å². The fraction of sp³-hybridized carbons (Fsp3) is 0.286. The molecule has 4 rings (SSSR count). The van der Waals surface area contributed by atoms with E-state index in [1.807, 2.05) is 0 Å². The molecular weight excluding hydrogens is 490 g/mol. The quantitative estimate of drug-likeness (QED) is 0.564. The van der Waals surface area contributed by atoms with E-state index < -0.39 is 33.7 Å². The Bertz CT molecular complexity index is 1340. The molecule has 3 aromatic rings. The minimum absolute atomic E-state index is 0.00571. The first kappa shape index (κ1) is 24.0. The van der Waals surface area contributed by atoms with Crippen LogP contribution in [-0.2, 0) is 14.8 Å². The van der Waals surface area contributed by atoms with Crippen molar-refractivity contribution in [1.82, 2.24) is 14.2 Å². The number of anilines is 1. The number of carbonyl (C=O) groups excluding carboxylic acids is 2. The zero-order chi connectivity index (χ0) is 24.5. The molecule has 1 fully saturated rings. The largest absolute Gasteiger partial charge is 0.450 e. The number of aromatic nitrogens is 1. The number of ether oxygens (including phenoxy) is 1. The maximum Gasteiger partial charge on any atom is 0.409 e. The highest BCUT2D eigenvalue weighted by molar-refractivity contribution is 7.89. The third-order valence-corrected chi connectivity index (χ3v) is 7.98. The SMILES string of the molecule is CCOC(=O)N1CCN(S(=O)(=O)c2ccc(C(=O)Nc3nc4c(F)cc(F)cc4s3)cc2)CC1. The Balaban J connectivity index is 1.43. The van der Waals surface area contributed by atoms with Gasteiger partial charge in [0.15, 0.2) is 10.9 Å². The van der Waals surface area contributed by atoms with E-state index >= 15 is 0 Å². The Hall–Kier alpha value is -3.16. The summed E-state index contributed by atoms with van der Waals surface area (Å²) in [5.41, 5.74) is 0.114. The lowest BCUT2D eigenvalue weighted by atomic mass is 10.2. The highest BCUT2D eigenvalue weighted by Crippen LogP contribution is 2.29. The van der Waals surface area contributed by atoms with Crippen LogP contribution in [0.4, 0.5) is 18.7 Å². The number of nitrogens with one attached hydrogen (secondary N) is 1. The predicted molar refractivity (Wildman–Crippen MR) is 121 cm³/mol. The van der Waals surface area contributed by atoms with Gasteiger partial charge in [0.2, 0.25) is 10.0 Å². The Kier molecular flexibility index (Phi) is 6.77. The molecule has 0 atom stereocenters. The van der Waals surface area contributed by atoms with Gasteiger partial charge in [-0.1, -0.05) is 11.3 Å². The first-order valence-electron chi connectivity index (χ1n) is 10.3. The van der Waals surface area contributed by atoms with Gasteiger partial charge in [-0.3, -0.25) is 10.1 Å². The van der Waals surface area contributed by atoms with Crippen LogP contribution in [0.3, 0.4) is 0 Å². The second-order valence-electron chi connectivity index (χ2n) is 7.32. The normalized spacial score (nSPS) is 14.9. The van der Waals surface area contributed by atoms with Crippen LogP contribution in [0, 0.1) is 11.6 Å². The number of fused-ring (bicyclic) bond motifs is 1. The summed E-state index contributed by atoms with van der Waals surface area (Å²) in [7, 11) is -3.82. The van der Waals surface area contributed by atoms with Gasteiger partial charge in [-0.2, -0.15) is 4.31 Å². The predicted octanol–water partition coefficient (Wildman–Crippen LogP) is 3.29. The maximum absolute atomic E-state index is 13.8. The molecule has 1 aliphatic rings. The van der Waals surface area contributed by atoms with Crippen LogP contribution in [0.2, 0.25) is 0 Å². The van der Waals surface area contributed by atoms with Crippen molar-refractivity contribution >= 4 is 48.7 Å². The van der Waals surface area contributed by atoms with Gasteiger partial charge in [-0.25, -0.2) is 27.0 Å². The van der Waals surface area contributed by atoms with Crippen LogP contribution in [0.1, 0.15) is 17.3 Å². The minimum Gasteiger partial charge on any atom is -0.450 e. The molecule has 2 amide bonds. The molecule has 1 aliphatic heterocycles. The lowest BCUT2D eigenvalue weighted by Crippen LogP contribution is -2.50. The standard InChI is InChI=1S/C21H20F2N4O5S2/c1-2-32-21(29)26-7-9-27(10-8-26)34(30,31)15-5-3-13(4-6-15)19(28)25-20-24-18-16(23)11-14(22)12-17(18)33-20/h3-6,11-12H,2,7-10H2,1H3,(H,24,25,28). The smallest absolute Gasteiger partial charge is 0.409 e. The molecule has 1 aromatic heterocycles. The van der Waals surface area contributed by atoms with Gasteiger partial charge in [0.25, 0.3) is 5.91 Å². The summed E-state index contributed by atoms with van der Waals surface area (Å²) >= 11 is 0.917. The molecule has 2 heterocycles. The number of hydrogen-bond acceptors (Lipinski definition) is 7. The van der Waals surface area contributed by atoms with Crippen LogP contribution in [0.5, 0.6) is 0 Å². The zero-order valence-electron chi connectivity index (χ0n) is 18.0. The number of nitrogens with zero attached hydrogens (tertiary/aromatic N) is 3. The molecule has 0 bridgehead atoms. The number of rotatable bonds is 5. The third kappa shape index (κ3) is 4.86. The molecule has 1 saturated heterocycles. The van der Waals surface area contributed by atoms with E-state index in [1.54, 1.807) is 6.92 Å². The lowest BCUT2D eigenvalue weighted by Gasteiger charge is -2.33. The molecule has 13 heteroatoms. The van der Waals surface area contributed by atoms with Crippen LogP contribution in [-0.4, -0.2) is 67.4 Å². The van der Waals surface area contributed by atoms with Gasteiger partial charge in [0.1, 0.15) is 11.3 Å². The number of sulfonamides is 1. The van der Waals surface area contributed by atoms with E-state index in [0.717, 1.165) is 17.4 Å². The third-order valence-electron chi connectivity index (χ3n) is 5.15. The van der Waals surface area contributed by atoms with Gasteiger partial charge in [0, 0.05) is 37.8 Å². The summed E-state index contributed by atoms with van der Waals surface area (Å²) in [6, 6.07) is 7.17. The van der Waals surface area contributed by atoms with E-state index in [4.69, 9.17) is 4.74 Å². The van der Waals surface area contributed by atoms with Crippen LogP contribution < -0.4 is 5.32 Å². The summed E-state index contributed by atoms with van der Waals surface area (Å²) in [4.78, 5) is 29.8.